The van der Waals surface area contributed by atoms with Crippen molar-refractivity contribution >= 4 is 23.8 Å². The second-order valence-corrected chi connectivity index (χ2v) is 11.2. The number of likely N-dealkylation sites (tertiary alicyclic amines) is 1. The Morgan fingerprint density at radius 1 is 1.21 bits per heavy atom. The van der Waals surface area contributed by atoms with Gasteiger partial charge in [-0.05, 0) is 24.0 Å². The number of nitrogens with one attached hydrogen (secondary N) is 1. The van der Waals surface area contributed by atoms with E-state index in [1.165, 1.54) is 29.0 Å². The third kappa shape index (κ3) is 4.33. The highest BCUT2D eigenvalue weighted by Crippen LogP contribution is 2.44. The van der Waals surface area contributed by atoms with Crippen LogP contribution in [0.3, 0.4) is 0 Å². The Hall–Kier alpha value is -2.81. The molecule has 0 unspecified atom stereocenters. The van der Waals surface area contributed by atoms with E-state index in [1.54, 1.807) is 0 Å². The number of thioether (sulfide) groups is 1. The van der Waals surface area contributed by atoms with Crippen LogP contribution in [0.15, 0.2) is 40.3 Å². The van der Waals surface area contributed by atoms with Crippen LogP contribution in [0.1, 0.15) is 56.5 Å². The fraction of sp³-hybridized carbons (Fsp3) is 0.520. The van der Waals surface area contributed by atoms with Gasteiger partial charge >= 0.3 is 6.09 Å². The molecule has 2 aromatic rings. The fourth-order valence-electron chi connectivity index (χ4n) is 5.16. The topological polar surface area (TPSA) is 95.6 Å². The number of hydrogen-bond acceptors (Lipinski definition) is 6. The number of fused-ring (bicyclic) bond motifs is 3. The van der Waals surface area contributed by atoms with E-state index in [-0.39, 0.29) is 46.9 Å². The van der Waals surface area contributed by atoms with Crippen molar-refractivity contribution in [2.45, 2.75) is 68.8 Å². The van der Waals surface area contributed by atoms with Crippen LogP contribution >= 0.6 is 11.8 Å². The van der Waals surface area contributed by atoms with Gasteiger partial charge in [-0.25, -0.2) is 9.78 Å². The van der Waals surface area contributed by atoms with E-state index < -0.39 is 0 Å². The molecule has 0 radical (unpaired) electrons. The Morgan fingerprint density at radius 2 is 1.94 bits per heavy atom. The molecule has 2 fully saturated rings. The number of hydrogen-bond donors (Lipinski definition) is 1. The third-order valence-corrected chi connectivity index (χ3v) is 7.80. The normalized spacial score (nSPS) is 22.5. The maximum absolute atomic E-state index is 12.9. The molecule has 1 aliphatic carbocycles. The lowest BCUT2D eigenvalue weighted by Crippen LogP contribution is -2.48. The molecule has 0 spiro atoms. The van der Waals surface area contributed by atoms with Crippen molar-refractivity contribution < 1.29 is 14.3 Å². The monoisotopic (exact) mass is 482 g/mol. The molecule has 2 saturated heterocycles. The smallest absolute Gasteiger partial charge is 0.411 e. The Morgan fingerprint density at radius 3 is 2.68 bits per heavy atom. The first kappa shape index (κ1) is 23.0. The van der Waals surface area contributed by atoms with Crippen LogP contribution < -0.4 is 5.56 Å². The maximum Gasteiger partial charge on any atom is 0.411 e. The van der Waals surface area contributed by atoms with E-state index in [0.717, 1.165) is 19.3 Å². The number of carbonyl (C=O) groups is 2. The summed E-state index contributed by atoms with van der Waals surface area (Å²) in [5.41, 5.74) is 2.69. The quantitative estimate of drug-likeness (QED) is 0.531. The van der Waals surface area contributed by atoms with Crippen molar-refractivity contribution in [3.05, 3.63) is 57.5 Å². The summed E-state index contributed by atoms with van der Waals surface area (Å²) in [5.74, 6) is 0.228. The molecule has 3 heterocycles. The highest BCUT2D eigenvalue weighted by Gasteiger charge is 2.50. The van der Waals surface area contributed by atoms with Gasteiger partial charge < -0.3 is 14.6 Å². The summed E-state index contributed by atoms with van der Waals surface area (Å²) in [5, 5.41) is 0.464. The molecule has 9 heteroatoms. The zero-order chi connectivity index (χ0) is 24.0. The molecule has 1 aromatic carbocycles. The Balaban J connectivity index is 1.19. The highest BCUT2D eigenvalue weighted by atomic mass is 32.2. The lowest BCUT2D eigenvalue weighted by Gasteiger charge is -2.37. The molecular formula is C25H30N4O4S. The molecule has 8 nitrogen and oxygen atoms in total. The average molecular weight is 483 g/mol. The van der Waals surface area contributed by atoms with E-state index in [1.807, 2.05) is 42.7 Å². The minimum absolute atomic E-state index is 0.0142. The van der Waals surface area contributed by atoms with Gasteiger partial charge in [-0.1, -0.05) is 56.8 Å². The van der Waals surface area contributed by atoms with Gasteiger partial charge in [-0.2, -0.15) is 0 Å². The summed E-state index contributed by atoms with van der Waals surface area (Å²) in [6.07, 6.45) is 1.87. The molecule has 2 atom stereocenters. The van der Waals surface area contributed by atoms with Gasteiger partial charge in [0.2, 0.25) is 5.91 Å². The minimum atomic E-state index is -0.245. The van der Waals surface area contributed by atoms with Crippen LogP contribution in [-0.4, -0.2) is 62.8 Å². The van der Waals surface area contributed by atoms with Crippen molar-refractivity contribution in [3.63, 3.8) is 0 Å². The summed E-state index contributed by atoms with van der Waals surface area (Å²) in [6, 6.07) is 9.79. The largest absolute Gasteiger partial charge is 0.443 e. The summed E-state index contributed by atoms with van der Waals surface area (Å²) in [6.45, 7) is 7.20. The fourth-order valence-corrected chi connectivity index (χ4v) is 5.93. The number of H-pyrrole nitrogens is 1. The van der Waals surface area contributed by atoms with Crippen LogP contribution in [-0.2, 0) is 21.4 Å². The molecule has 34 heavy (non-hydrogen) atoms. The molecule has 1 aromatic heterocycles. The lowest BCUT2D eigenvalue weighted by molar-refractivity contribution is -0.129. The molecule has 2 aliphatic heterocycles. The first-order chi connectivity index (χ1) is 16.2. The summed E-state index contributed by atoms with van der Waals surface area (Å²) in [4.78, 5) is 48.5. The predicted octanol–water partition coefficient (Wildman–Crippen LogP) is 3.27. The Kier molecular flexibility index (Phi) is 5.91. The Labute approximate surface area is 203 Å². The zero-order valence-electron chi connectivity index (χ0n) is 19.7. The van der Waals surface area contributed by atoms with Crippen molar-refractivity contribution in [1.82, 2.24) is 19.8 Å². The zero-order valence-corrected chi connectivity index (χ0v) is 20.6. The van der Waals surface area contributed by atoms with Crippen LogP contribution in [0.5, 0.6) is 0 Å². The number of ether oxygens (including phenoxy) is 1. The maximum atomic E-state index is 12.9. The van der Waals surface area contributed by atoms with Gasteiger partial charge in [0.25, 0.3) is 5.56 Å². The first-order valence-corrected chi connectivity index (χ1v) is 12.8. The third-order valence-electron chi connectivity index (χ3n) is 6.94. The van der Waals surface area contributed by atoms with Crippen LogP contribution in [0.2, 0.25) is 0 Å². The number of piperidine rings is 1. The molecule has 180 valence electrons. The van der Waals surface area contributed by atoms with Gasteiger partial charge in [-0.15, -0.1) is 0 Å². The van der Waals surface area contributed by atoms with Gasteiger partial charge in [-0.3, -0.25) is 14.5 Å². The highest BCUT2D eigenvalue weighted by molar-refractivity contribution is 7.99. The number of rotatable bonds is 4. The summed E-state index contributed by atoms with van der Waals surface area (Å²) >= 11 is 1.26. The van der Waals surface area contributed by atoms with Crippen LogP contribution in [0.4, 0.5) is 4.79 Å². The van der Waals surface area contributed by atoms with Crippen LogP contribution in [0, 0.1) is 0 Å². The SMILES string of the molecule is CC(C)(C)c1cc(=O)[nH]c(SCC(=O)N2CCC(N3C(=O)O[C@H]4Cc5ccccc5[C@H]43)CC2)n1. The van der Waals surface area contributed by atoms with Gasteiger partial charge in [0.15, 0.2) is 5.16 Å². The number of benzene rings is 1. The van der Waals surface area contributed by atoms with Crippen molar-refractivity contribution in [2.75, 3.05) is 18.8 Å². The summed E-state index contributed by atoms with van der Waals surface area (Å²) < 4.78 is 5.71. The lowest BCUT2D eigenvalue weighted by atomic mass is 9.92. The van der Waals surface area contributed by atoms with E-state index in [9.17, 15) is 14.4 Å². The van der Waals surface area contributed by atoms with E-state index in [2.05, 4.69) is 22.1 Å². The van der Waals surface area contributed by atoms with Gasteiger partial charge in [0.05, 0.1) is 17.5 Å². The molecule has 0 bridgehead atoms. The number of aromatic amines is 1. The van der Waals surface area contributed by atoms with Crippen molar-refractivity contribution in [3.8, 4) is 0 Å². The molecule has 5 rings (SSSR count). The van der Waals surface area contributed by atoms with E-state index >= 15 is 0 Å². The van der Waals surface area contributed by atoms with Gasteiger partial charge in [0.1, 0.15) is 6.10 Å². The molecule has 2 amide bonds. The molecule has 3 aliphatic rings. The first-order valence-electron chi connectivity index (χ1n) is 11.8. The summed E-state index contributed by atoms with van der Waals surface area (Å²) in [7, 11) is 0. The number of nitrogens with zero attached hydrogens (tertiary/aromatic N) is 3. The Bertz CT molecular complexity index is 1170. The minimum Gasteiger partial charge on any atom is -0.443 e. The predicted molar refractivity (Wildman–Crippen MR) is 129 cm³/mol. The van der Waals surface area contributed by atoms with E-state index in [4.69, 9.17) is 4.74 Å². The van der Waals surface area contributed by atoms with Crippen molar-refractivity contribution in [1.29, 1.82) is 0 Å². The molecule has 1 N–H and O–H groups in total. The molecule has 0 saturated carbocycles. The van der Waals surface area contributed by atoms with Crippen molar-refractivity contribution in [2.24, 2.45) is 0 Å². The number of aromatic nitrogens is 2. The van der Waals surface area contributed by atoms with Gasteiger partial charge in [0, 0.05) is 37.0 Å². The standard InChI is InChI=1S/C25H30N4O4S/c1-25(2,3)19-13-20(30)27-23(26-19)34-14-21(31)28-10-8-16(9-11-28)29-22-17-7-5-4-6-15(17)12-18(22)33-24(29)32/h4-7,13,16,18,22H,8-12,14H2,1-3H3,(H,26,27,30)/t18-,22+/m0/s1. The van der Waals surface area contributed by atoms with Crippen LogP contribution in [0.25, 0.3) is 0 Å². The number of carbonyl (C=O) groups excluding carboxylic acids is 2. The average Bonchev–Trinajstić information content (AvgIpc) is 3.31. The molecular weight excluding hydrogens is 452 g/mol. The second kappa shape index (κ2) is 8.76. The van der Waals surface area contributed by atoms with E-state index in [0.29, 0.717) is 23.9 Å². The number of amides is 2. The second-order valence-electron chi connectivity index (χ2n) is 10.3.